The molecule has 1 aromatic rings. The molecule has 0 fully saturated rings. The highest BCUT2D eigenvalue weighted by Crippen LogP contribution is 2.15. The molecule has 0 heterocycles. The van der Waals surface area contributed by atoms with Crippen molar-refractivity contribution in [2.75, 3.05) is 18.9 Å². The maximum atomic E-state index is 12.2. The Hall–Kier alpha value is -0.760. The fourth-order valence-electron chi connectivity index (χ4n) is 1.25. The SMILES string of the molecule is CCCN=C(NS(=O)(=O)c1ccc(Cl)cc1)SCCO. The quantitative estimate of drug-likeness (QED) is 0.616. The van der Waals surface area contributed by atoms with Gasteiger partial charge in [0.05, 0.1) is 11.5 Å². The van der Waals surface area contributed by atoms with Gasteiger partial charge in [0.1, 0.15) is 0 Å². The van der Waals surface area contributed by atoms with E-state index in [0.717, 1.165) is 6.42 Å². The second-order valence-corrected chi connectivity index (χ2v) is 7.02. The number of sulfonamides is 1. The third-order valence-corrected chi connectivity index (χ3v) is 4.78. The van der Waals surface area contributed by atoms with E-state index in [0.29, 0.717) is 17.3 Å². The highest BCUT2D eigenvalue weighted by Gasteiger charge is 2.16. The third kappa shape index (κ3) is 5.70. The normalized spacial score (nSPS) is 12.4. The fourth-order valence-corrected chi connectivity index (χ4v) is 3.32. The molecular formula is C12H17ClN2O3S2. The van der Waals surface area contributed by atoms with Gasteiger partial charge in [-0.15, -0.1) is 0 Å². The average Bonchev–Trinajstić information content (AvgIpc) is 2.42. The van der Waals surface area contributed by atoms with Gasteiger partial charge in [0.2, 0.25) is 0 Å². The first-order chi connectivity index (χ1) is 9.49. The van der Waals surface area contributed by atoms with Crippen LogP contribution in [0.3, 0.4) is 0 Å². The minimum Gasteiger partial charge on any atom is -0.396 e. The Morgan fingerprint density at radius 1 is 1.40 bits per heavy atom. The zero-order chi connectivity index (χ0) is 15.0. The third-order valence-electron chi connectivity index (χ3n) is 2.15. The number of hydrogen-bond donors (Lipinski definition) is 2. The molecule has 2 N–H and O–H groups in total. The van der Waals surface area contributed by atoms with Gasteiger partial charge < -0.3 is 5.11 Å². The summed E-state index contributed by atoms with van der Waals surface area (Å²) in [6, 6.07) is 5.89. The molecule has 8 heteroatoms. The predicted molar refractivity (Wildman–Crippen MR) is 83.9 cm³/mol. The van der Waals surface area contributed by atoms with Gasteiger partial charge in [0.15, 0.2) is 5.17 Å². The minimum absolute atomic E-state index is 0.0432. The molecule has 0 aliphatic carbocycles. The van der Waals surface area contributed by atoms with E-state index in [1.54, 1.807) is 0 Å². The summed E-state index contributed by atoms with van der Waals surface area (Å²) in [6.07, 6.45) is 0.811. The molecule has 0 saturated heterocycles. The van der Waals surface area contributed by atoms with Crippen LogP contribution in [0.1, 0.15) is 13.3 Å². The number of nitrogens with one attached hydrogen (secondary N) is 1. The van der Waals surface area contributed by atoms with Crippen LogP contribution in [-0.2, 0) is 10.0 Å². The highest BCUT2D eigenvalue weighted by molar-refractivity contribution is 8.14. The van der Waals surface area contributed by atoms with Crippen LogP contribution in [-0.4, -0.2) is 37.6 Å². The van der Waals surface area contributed by atoms with E-state index < -0.39 is 10.0 Å². The van der Waals surface area contributed by atoms with E-state index in [2.05, 4.69) is 9.71 Å². The topological polar surface area (TPSA) is 78.8 Å². The summed E-state index contributed by atoms with van der Waals surface area (Å²) in [5.41, 5.74) is 0. The van der Waals surface area contributed by atoms with Crippen LogP contribution in [0.15, 0.2) is 34.2 Å². The van der Waals surface area contributed by atoms with Gasteiger partial charge in [-0.25, -0.2) is 8.42 Å². The number of aliphatic hydroxyl groups excluding tert-OH is 1. The maximum absolute atomic E-state index is 12.2. The Bertz CT molecular complexity index is 544. The summed E-state index contributed by atoms with van der Waals surface area (Å²) in [5, 5.41) is 9.58. The first-order valence-electron chi connectivity index (χ1n) is 6.06. The molecule has 5 nitrogen and oxygen atoms in total. The molecule has 0 aromatic heterocycles. The van der Waals surface area contributed by atoms with Crippen molar-refractivity contribution in [3.05, 3.63) is 29.3 Å². The molecular weight excluding hydrogens is 320 g/mol. The van der Waals surface area contributed by atoms with Gasteiger partial charge in [-0.1, -0.05) is 30.3 Å². The highest BCUT2D eigenvalue weighted by atomic mass is 35.5. The van der Waals surface area contributed by atoms with Gasteiger partial charge in [0, 0.05) is 17.3 Å². The van der Waals surface area contributed by atoms with Gasteiger partial charge in [-0.05, 0) is 30.7 Å². The second-order valence-electron chi connectivity index (χ2n) is 3.82. The van der Waals surface area contributed by atoms with E-state index in [9.17, 15) is 8.42 Å². The first-order valence-corrected chi connectivity index (χ1v) is 8.90. The Labute approximate surface area is 128 Å². The number of aliphatic hydroxyl groups is 1. The van der Waals surface area contributed by atoms with Crippen molar-refractivity contribution in [2.24, 2.45) is 4.99 Å². The van der Waals surface area contributed by atoms with Gasteiger partial charge in [0.25, 0.3) is 10.0 Å². The van der Waals surface area contributed by atoms with Crippen LogP contribution in [0.5, 0.6) is 0 Å². The lowest BCUT2D eigenvalue weighted by Crippen LogP contribution is -2.29. The van der Waals surface area contributed by atoms with E-state index >= 15 is 0 Å². The van der Waals surface area contributed by atoms with Crippen molar-refractivity contribution in [2.45, 2.75) is 18.2 Å². The predicted octanol–water partition coefficient (Wildman–Crippen LogP) is 2.11. The lowest BCUT2D eigenvalue weighted by Gasteiger charge is -2.10. The van der Waals surface area contributed by atoms with E-state index in [1.807, 2.05) is 6.92 Å². The summed E-state index contributed by atoms with van der Waals surface area (Å²) in [4.78, 5) is 4.28. The number of halogens is 1. The van der Waals surface area contributed by atoms with Crippen LogP contribution in [0, 0.1) is 0 Å². The molecule has 1 rings (SSSR count). The summed E-state index contributed by atoms with van der Waals surface area (Å²) in [7, 11) is -3.68. The van der Waals surface area contributed by atoms with Crippen LogP contribution in [0.4, 0.5) is 0 Å². The van der Waals surface area contributed by atoms with Gasteiger partial charge in [-0.3, -0.25) is 9.71 Å². The van der Waals surface area contributed by atoms with E-state index in [1.165, 1.54) is 36.0 Å². The Balaban J connectivity index is 2.87. The smallest absolute Gasteiger partial charge is 0.263 e. The Morgan fingerprint density at radius 3 is 2.60 bits per heavy atom. The Morgan fingerprint density at radius 2 is 2.05 bits per heavy atom. The number of hydrogen-bond acceptors (Lipinski definition) is 5. The van der Waals surface area contributed by atoms with Crippen LogP contribution in [0.2, 0.25) is 5.02 Å². The number of amidine groups is 1. The average molecular weight is 337 g/mol. The summed E-state index contributed by atoms with van der Waals surface area (Å²) < 4.78 is 26.8. The molecule has 0 spiro atoms. The van der Waals surface area contributed by atoms with Crippen molar-refractivity contribution < 1.29 is 13.5 Å². The molecule has 0 aliphatic heterocycles. The number of benzene rings is 1. The summed E-state index contributed by atoms with van der Waals surface area (Å²) in [6.45, 7) is 2.43. The first kappa shape index (κ1) is 17.3. The van der Waals surface area contributed by atoms with Crippen molar-refractivity contribution in [3.63, 3.8) is 0 Å². The van der Waals surface area contributed by atoms with E-state index in [-0.39, 0.29) is 16.7 Å². The maximum Gasteiger partial charge on any atom is 0.263 e. The zero-order valence-electron chi connectivity index (χ0n) is 11.0. The summed E-state index contributed by atoms with van der Waals surface area (Å²) >= 11 is 6.90. The lowest BCUT2D eigenvalue weighted by atomic mass is 10.4. The van der Waals surface area contributed by atoms with Crippen LogP contribution < -0.4 is 4.72 Å². The second kappa shape index (κ2) is 8.51. The molecule has 0 amide bonds. The largest absolute Gasteiger partial charge is 0.396 e. The molecule has 0 bridgehead atoms. The van der Waals surface area contributed by atoms with Gasteiger partial charge in [-0.2, -0.15) is 0 Å². The number of nitrogens with zero attached hydrogens (tertiary/aromatic N) is 1. The standard InChI is InChI=1S/C12H17ClN2O3S2/c1-2-7-14-12(19-9-8-16)15-20(17,18)11-5-3-10(13)4-6-11/h3-6,16H,2,7-9H2,1H3,(H,14,15). The van der Waals surface area contributed by atoms with Crippen LogP contribution in [0.25, 0.3) is 0 Å². The molecule has 0 radical (unpaired) electrons. The van der Waals surface area contributed by atoms with Crippen molar-refractivity contribution in [3.8, 4) is 0 Å². The number of rotatable bonds is 6. The Kier molecular flexibility index (Phi) is 7.36. The zero-order valence-corrected chi connectivity index (χ0v) is 13.4. The van der Waals surface area contributed by atoms with Crippen molar-refractivity contribution in [1.82, 2.24) is 4.72 Å². The fraction of sp³-hybridized carbons (Fsp3) is 0.417. The molecule has 1 aromatic carbocycles. The van der Waals surface area contributed by atoms with Gasteiger partial charge >= 0.3 is 0 Å². The number of thioether (sulfide) groups is 1. The van der Waals surface area contributed by atoms with Crippen molar-refractivity contribution in [1.29, 1.82) is 0 Å². The molecule has 0 atom stereocenters. The summed E-state index contributed by atoms with van der Waals surface area (Å²) in [5.74, 6) is 0.381. The van der Waals surface area contributed by atoms with Crippen LogP contribution >= 0.6 is 23.4 Å². The molecule has 0 aliphatic rings. The monoisotopic (exact) mass is 336 g/mol. The molecule has 112 valence electrons. The molecule has 0 saturated carbocycles. The van der Waals surface area contributed by atoms with E-state index in [4.69, 9.17) is 16.7 Å². The minimum atomic E-state index is -3.68. The van der Waals surface area contributed by atoms with Crippen molar-refractivity contribution >= 4 is 38.6 Å². The lowest BCUT2D eigenvalue weighted by molar-refractivity contribution is 0.323. The molecule has 20 heavy (non-hydrogen) atoms. The number of aliphatic imine (C=N–C) groups is 1. The molecule has 0 unspecified atom stereocenters.